The van der Waals surface area contributed by atoms with Gasteiger partial charge in [0.1, 0.15) is 11.5 Å². The van der Waals surface area contributed by atoms with Crippen molar-refractivity contribution in [1.82, 2.24) is 29.4 Å². The Bertz CT molecular complexity index is 1540. The smallest absolute Gasteiger partial charge is 0.329 e. The van der Waals surface area contributed by atoms with Crippen LogP contribution in [0.3, 0.4) is 0 Å². The maximum atomic E-state index is 13.2. The number of aryl methyl sites for hydroxylation is 1. The number of aromatic amines is 2. The molecule has 164 valence electrons. The average Bonchev–Trinajstić information content (AvgIpc) is 2.76. The molecule has 10 nitrogen and oxygen atoms in total. The molecule has 2 N–H and O–H groups in total. The molecule has 0 aliphatic carbocycles. The van der Waals surface area contributed by atoms with Gasteiger partial charge in [-0.3, -0.25) is 23.9 Å². The molecule has 4 rings (SSSR count). The van der Waals surface area contributed by atoms with Crippen molar-refractivity contribution in [3.63, 3.8) is 0 Å². The second-order valence-corrected chi connectivity index (χ2v) is 7.75. The van der Waals surface area contributed by atoms with E-state index in [0.29, 0.717) is 34.7 Å². The fourth-order valence-electron chi connectivity index (χ4n) is 3.47. The predicted octanol–water partition coefficient (Wildman–Crippen LogP) is 1.56. The van der Waals surface area contributed by atoms with Crippen molar-refractivity contribution in [3.05, 3.63) is 78.1 Å². The maximum Gasteiger partial charge on any atom is 0.329 e. The Kier molecular flexibility index (Phi) is 5.62. The first-order chi connectivity index (χ1) is 15.3. The first-order valence-corrected chi connectivity index (χ1v) is 10.2. The molecule has 0 bridgehead atoms. The zero-order chi connectivity index (χ0) is 23.0. The van der Waals surface area contributed by atoms with Crippen molar-refractivity contribution < 1.29 is 4.79 Å². The molecule has 1 amide bonds. The largest absolute Gasteiger partial charge is 0.331 e. The number of amides is 1. The van der Waals surface area contributed by atoms with Crippen LogP contribution in [0.4, 0.5) is 0 Å². The second kappa shape index (κ2) is 8.39. The minimum absolute atomic E-state index is 0.0477. The topological polar surface area (TPSA) is 134 Å². The summed E-state index contributed by atoms with van der Waals surface area (Å²) in [4.78, 5) is 64.6. The fraction of sp³-hybridized carbons (Fsp3) is 0.238. The standard InChI is InChI=1S/C21H19ClN6O4/c1-3-6-28(10-16-24-15-8-12(22)4-5-13(15)18(29)25-16)20(31)11-7-14-17(23-9-11)27(2)21(32)26-19(14)30/h4-5,7-9H,3,6,10H2,1-2H3,(H,24,25,29)(H,26,30,32). The van der Waals surface area contributed by atoms with Gasteiger partial charge < -0.3 is 9.88 Å². The number of hydrogen-bond donors (Lipinski definition) is 2. The molecule has 0 saturated heterocycles. The van der Waals surface area contributed by atoms with Gasteiger partial charge in [0, 0.05) is 24.8 Å². The number of carbonyl (C=O) groups is 1. The number of rotatable bonds is 5. The summed E-state index contributed by atoms with van der Waals surface area (Å²) >= 11 is 6.02. The van der Waals surface area contributed by atoms with Crippen molar-refractivity contribution in [2.75, 3.05) is 6.54 Å². The number of benzene rings is 1. The van der Waals surface area contributed by atoms with E-state index in [1.165, 1.54) is 28.8 Å². The van der Waals surface area contributed by atoms with Gasteiger partial charge in [-0.05, 0) is 30.7 Å². The van der Waals surface area contributed by atoms with Crippen LogP contribution in [0.15, 0.2) is 44.8 Å². The summed E-state index contributed by atoms with van der Waals surface area (Å²) in [6.45, 7) is 2.35. The molecule has 11 heteroatoms. The molecule has 0 atom stereocenters. The third-order valence-corrected chi connectivity index (χ3v) is 5.28. The lowest BCUT2D eigenvalue weighted by atomic mass is 10.2. The molecule has 3 heterocycles. The molecule has 0 spiro atoms. The van der Waals surface area contributed by atoms with Crippen LogP contribution < -0.4 is 16.8 Å². The van der Waals surface area contributed by atoms with E-state index >= 15 is 0 Å². The Morgan fingerprint density at radius 1 is 1.12 bits per heavy atom. The number of H-pyrrole nitrogens is 2. The Balaban J connectivity index is 1.72. The number of fused-ring (bicyclic) bond motifs is 2. The lowest BCUT2D eigenvalue weighted by Crippen LogP contribution is -2.33. The summed E-state index contributed by atoms with van der Waals surface area (Å²) in [5, 5.41) is 0.973. The van der Waals surface area contributed by atoms with E-state index < -0.39 is 11.2 Å². The van der Waals surface area contributed by atoms with Crippen LogP contribution in [0, 0.1) is 0 Å². The van der Waals surface area contributed by atoms with Gasteiger partial charge in [-0.2, -0.15) is 0 Å². The van der Waals surface area contributed by atoms with Crippen molar-refractivity contribution in [2.45, 2.75) is 19.9 Å². The quantitative estimate of drug-likeness (QED) is 0.470. The van der Waals surface area contributed by atoms with Crippen LogP contribution in [0.25, 0.3) is 21.9 Å². The summed E-state index contributed by atoms with van der Waals surface area (Å²) in [5.41, 5.74) is -0.751. The summed E-state index contributed by atoms with van der Waals surface area (Å²) in [7, 11) is 1.48. The number of aromatic nitrogens is 5. The van der Waals surface area contributed by atoms with Crippen LogP contribution in [0.5, 0.6) is 0 Å². The van der Waals surface area contributed by atoms with Gasteiger partial charge in [0.25, 0.3) is 17.0 Å². The Morgan fingerprint density at radius 3 is 2.62 bits per heavy atom. The van der Waals surface area contributed by atoms with E-state index in [9.17, 15) is 19.2 Å². The highest BCUT2D eigenvalue weighted by Crippen LogP contribution is 2.16. The number of halogens is 1. The minimum atomic E-state index is -0.621. The molecular formula is C21H19ClN6O4. The molecular weight excluding hydrogens is 436 g/mol. The number of carbonyl (C=O) groups excluding carboxylic acids is 1. The van der Waals surface area contributed by atoms with Gasteiger partial charge in [-0.15, -0.1) is 0 Å². The zero-order valence-electron chi connectivity index (χ0n) is 17.3. The monoisotopic (exact) mass is 454 g/mol. The molecule has 1 aromatic carbocycles. The van der Waals surface area contributed by atoms with Gasteiger partial charge >= 0.3 is 5.69 Å². The van der Waals surface area contributed by atoms with E-state index in [0.717, 1.165) is 0 Å². The Labute approximate surface area is 185 Å². The molecule has 4 aromatic rings. The van der Waals surface area contributed by atoms with Crippen LogP contribution in [-0.2, 0) is 13.6 Å². The first-order valence-electron chi connectivity index (χ1n) is 9.85. The molecule has 0 unspecified atom stereocenters. The summed E-state index contributed by atoms with van der Waals surface area (Å²) < 4.78 is 1.20. The van der Waals surface area contributed by atoms with Crippen molar-refractivity contribution in [1.29, 1.82) is 0 Å². The SMILES string of the molecule is CCCN(Cc1nc2cc(Cl)ccc2c(=O)[nH]1)C(=O)c1cnc2c(c1)c(=O)[nH]c(=O)n2C. The normalized spacial score (nSPS) is 11.2. The van der Waals surface area contributed by atoms with Crippen molar-refractivity contribution in [2.24, 2.45) is 7.05 Å². The molecule has 32 heavy (non-hydrogen) atoms. The summed E-state index contributed by atoms with van der Waals surface area (Å²) in [6.07, 6.45) is 1.98. The Morgan fingerprint density at radius 2 is 1.88 bits per heavy atom. The van der Waals surface area contributed by atoms with E-state index in [-0.39, 0.29) is 34.6 Å². The lowest BCUT2D eigenvalue weighted by molar-refractivity contribution is 0.0738. The highest BCUT2D eigenvalue weighted by Gasteiger charge is 2.19. The van der Waals surface area contributed by atoms with Gasteiger partial charge in [-0.1, -0.05) is 18.5 Å². The Hall–Kier alpha value is -3.79. The van der Waals surface area contributed by atoms with Crippen molar-refractivity contribution in [3.8, 4) is 0 Å². The number of nitrogens with zero attached hydrogens (tertiary/aromatic N) is 4. The van der Waals surface area contributed by atoms with Gasteiger partial charge in [-0.25, -0.2) is 14.8 Å². The molecule has 3 aromatic heterocycles. The minimum Gasteiger partial charge on any atom is -0.331 e. The molecule has 0 aliphatic rings. The first kappa shape index (κ1) is 21.4. The fourth-order valence-corrected chi connectivity index (χ4v) is 3.64. The van der Waals surface area contributed by atoms with Crippen LogP contribution in [0.1, 0.15) is 29.5 Å². The molecule has 0 fully saturated rings. The van der Waals surface area contributed by atoms with Gasteiger partial charge in [0.15, 0.2) is 0 Å². The highest BCUT2D eigenvalue weighted by atomic mass is 35.5. The summed E-state index contributed by atoms with van der Waals surface area (Å²) in [5.74, 6) is -0.0797. The number of hydrogen-bond acceptors (Lipinski definition) is 6. The average molecular weight is 455 g/mol. The third-order valence-electron chi connectivity index (χ3n) is 5.04. The number of nitrogens with one attached hydrogen (secondary N) is 2. The van der Waals surface area contributed by atoms with Crippen molar-refractivity contribution >= 4 is 39.4 Å². The van der Waals surface area contributed by atoms with Gasteiger partial charge in [0.2, 0.25) is 0 Å². The highest BCUT2D eigenvalue weighted by molar-refractivity contribution is 6.31. The molecule has 0 saturated carbocycles. The molecule has 0 aliphatic heterocycles. The van der Waals surface area contributed by atoms with E-state index in [4.69, 9.17) is 11.6 Å². The van der Waals surface area contributed by atoms with E-state index in [2.05, 4.69) is 19.9 Å². The third kappa shape index (κ3) is 3.92. The van der Waals surface area contributed by atoms with Crippen LogP contribution in [-0.4, -0.2) is 41.9 Å². The predicted molar refractivity (Wildman–Crippen MR) is 120 cm³/mol. The van der Waals surface area contributed by atoms with Gasteiger partial charge in [0.05, 0.1) is 28.4 Å². The van der Waals surface area contributed by atoms with E-state index in [1.807, 2.05) is 6.92 Å². The lowest BCUT2D eigenvalue weighted by Gasteiger charge is -2.22. The van der Waals surface area contributed by atoms with Crippen LogP contribution in [0.2, 0.25) is 5.02 Å². The van der Waals surface area contributed by atoms with Crippen LogP contribution >= 0.6 is 11.6 Å². The number of pyridine rings is 1. The second-order valence-electron chi connectivity index (χ2n) is 7.31. The zero-order valence-corrected chi connectivity index (χ0v) is 18.1. The summed E-state index contributed by atoms with van der Waals surface area (Å²) in [6, 6.07) is 6.19. The van der Waals surface area contributed by atoms with E-state index in [1.54, 1.807) is 18.2 Å². The molecule has 0 radical (unpaired) electrons. The maximum absolute atomic E-state index is 13.2.